The summed E-state index contributed by atoms with van der Waals surface area (Å²) < 4.78 is 39.7. The van der Waals surface area contributed by atoms with E-state index in [2.05, 4.69) is 15.7 Å². The van der Waals surface area contributed by atoms with E-state index in [1.54, 1.807) is 31.2 Å². The minimum Gasteiger partial charge on any atom is -0.474 e. The molecule has 11 nitrogen and oxygen atoms in total. The SMILES string of the molecule is COCCN1C[C@@H](NC(=O)Nc2c(C)c(OCC(O)CO)nn2-c2ccccc2)[C@H](c2ccc(F)c(F)c2)O1. The van der Waals surface area contributed by atoms with Gasteiger partial charge in [-0.15, -0.1) is 5.10 Å². The van der Waals surface area contributed by atoms with E-state index in [0.29, 0.717) is 35.8 Å². The van der Waals surface area contributed by atoms with Crippen molar-refractivity contribution in [2.45, 2.75) is 25.2 Å². The highest BCUT2D eigenvalue weighted by Gasteiger charge is 2.37. The lowest BCUT2D eigenvalue weighted by atomic mass is 10.0. The summed E-state index contributed by atoms with van der Waals surface area (Å²) in [6.07, 6.45) is -1.87. The van der Waals surface area contributed by atoms with Crippen molar-refractivity contribution < 1.29 is 38.1 Å². The summed E-state index contributed by atoms with van der Waals surface area (Å²) in [5.41, 5.74) is 1.49. The summed E-state index contributed by atoms with van der Waals surface area (Å²) in [7, 11) is 1.55. The predicted molar refractivity (Wildman–Crippen MR) is 136 cm³/mol. The number of aromatic nitrogens is 2. The molecule has 13 heteroatoms. The molecule has 3 atom stereocenters. The number of carbonyl (C=O) groups is 1. The highest BCUT2D eigenvalue weighted by Crippen LogP contribution is 2.31. The molecule has 0 bridgehead atoms. The van der Waals surface area contributed by atoms with Crippen molar-refractivity contribution in [3.63, 3.8) is 0 Å². The lowest BCUT2D eigenvalue weighted by Gasteiger charge is -2.20. The minimum absolute atomic E-state index is 0.163. The Morgan fingerprint density at radius 3 is 2.69 bits per heavy atom. The second-order valence-corrected chi connectivity index (χ2v) is 8.96. The van der Waals surface area contributed by atoms with Crippen molar-refractivity contribution in [1.82, 2.24) is 20.2 Å². The van der Waals surface area contributed by atoms with Gasteiger partial charge in [0.25, 0.3) is 0 Å². The number of hydroxylamine groups is 2. The Bertz CT molecular complexity index is 1260. The Balaban J connectivity index is 1.56. The van der Waals surface area contributed by atoms with E-state index in [1.807, 2.05) is 18.2 Å². The lowest BCUT2D eigenvalue weighted by Crippen LogP contribution is -2.42. The number of aliphatic hydroxyl groups excluding tert-OH is 2. The van der Waals surface area contributed by atoms with Crippen LogP contribution < -0.4 is 15.4 Å². The number of halogens is 2. The number of amides is 2. The molecular weight excluding hydrogens is 516 g/mol. The van der Waals surface area contributed by atoms with Gasteiger partial charge in [0.05, 0.1) is 30.5 Å². The first-order valence-corrected chi connectivity index (χ1v) is 12.3. The topological polar surface area (TPSA) is 130 Å². The fourth-order valence-corrected chi connectivity index (χ4v) is 4.09. The van der Waals surface area contributed by atoms with Crippen LogP contribution in [0, 0.1) is 18.6 Å². The summed E-state index contributed by atoms with van der Waals surface area (Å²) in [4.78, 5) is 19.2. The van der Waals surface area contributed by atoms with Gasteiger partial charge in [0.1, 0.15) is 24.6 Å². The molecule has 3 aromatic rings. The van der Waals surface area contributed by atoms with E-state index >= 15 is 0 Å². The van der Waals surface area contributed by atoms with Crippen molar-refractivity contribution in [2.75, 3.05) is 45.3 Å². The molecule has 210 valence electrons. The van der Waals surface area contributed by atoms with Crippen LogP contribution in [0.3, 0.4) is 0 Å². The highest BCUT2D eigenvalue weighted by molar-refractivity contribution is 5.90. The van der Waals surface area contributed by atoms with Gasteiger partial charge in [-0.2, -0.15) is 5.06 Å². The Hall–Kier alpha value is -3.62. The number of anilines is 1. The van der Waals surface area contributed by atoms with Crippen LogP contribution in [0.5, 0.6) is 5.88 Å². The zero-order valence-electron chi connectivity index (χ0n) is 21.5. The predicted octanol–water partition coefficient (Wildman–Crippen LogP) is 2.32. The molecule has 1 saturated heterocycles. The largest absolute Gasteiger partial charge is 0.474 e. The maximum absolute atomic E-state index is 14.0. The van der Waals surface area contributed by atoms with Crippen LogP contribution in [0.4, 0.5) is 19.4 Å². The monoisotopic (exact) mass is 547 g/mol. The molecule has 1 unspecified atom stereocenters. The lowest BCUT2D eigenvalue weighted by molar-refractivity contribution is -0.154. The molecule has 2 amide bonds. The number of carbonyl (C=O) groups excluding carboxylic acids is 1. The zero-order valence-corrected chi connectivity index (χ0v) is 21.5. The molecule has 0 spiro atoms. The van der Waals surface area contributed by atoms with Crippen molar-refractivity contribution in [2.24, 2.45) is 0 Å². The third kappa shape index (κ3) is 6.88. The normalized spacial score (nSPS) is 18.2. The molecular formula is C26H31F2N5O6. The van der Waals surface area contributed by atoms with Gasteiger partial charge in [-0.05, 0) is 36.8 Å². The number of aliphatic hydroxyl groups is 2. The van der Waals surface area contributed by atoms with E-state index in [0.717, 1.165) is 12.1 Å². The highest BCUT2D eigenvalue weighted by atomic mass is 19.2. The van der Waals surface area contributed by atoms with Crippen LogP contribution in [-0.4, -0.2) is 83.3 Å². The average molecular weight is 548 g/mol. The summed E-state index contributed by atoms with van der Waals surface area (Å²) in [6.45, 7) is 2.06. The summed E-state index contributed by atoms with van der Waals surface area (Å²) in [5, 5.41) is 30.5. The van der Waals surface area contributed by atoms with E-state index < -0.39 is 42.5 Å². The van der Waals surface area contributed by atoms with Crippen LogP contribution in [-0.2, 0) is 9.57 Å². The first-order valence-electron chi connectivity index (χ1n) is 12.3. The average Bonchev–Trinajstić information content (AvgIpc) is 3.48. The number of benzene rings is 2. The molecule has 0 radical (unpaired) electrons. The number of para-hydroxylation sites is 1. The quantitative estimate of drug-likeness (QED) is 0.288. The van der Waals surface area contributed by atoms with Gasteiger partial charge in [0.15, 0.2) is 11.6 Å². The van der Waals surface area contributed by atoms with Gasteiger partial charge < -0.3 is 25.0 Å². The zero-order chi connectivity index (χ0) is 27.9. The molecule has 4 N–H and O–H groups in total. The molecule has 0 aliphatic carbocycles. The van der Waals surface area contributed by atoms with Gasteiger partial charge >= 0.3 is 6.03 Å². The number of rotatable bonds is 11. The van der Waals surface area contributed by atoms with Gasteiger partial charge in [-0.3, -0.25) is 10.2 Å². The van der Waals surface area contributed by atoms with Crippen LogP contribution in [0.2, 0.25) is 0 Å². The van der Waals surface area contributed by atoms with Gasteiger partial charge in [0, 0.05) is 20.2 Å². The number of hydrogen-bond acceptors (Lipinski definition) is 8. The molecule has 1 aromatic heterocycles. The van der Waals surface area contributed by atoms with Gasteiger partial charge in [-0.25, -0.2) is 18.3 Å². The number of nitrogens with one attached hydrogen (secondary N) is 2. The van der Waals surface area contributed by atoms with Crippen LogP contribution in [0.1, 0.15) is 17.2 Å². The summed E-state index contributed by atoms with van der Waals surface area (Å²) in [6, 6.07) is 11.3. The molecule has 2 aromatic carbocycles. The Labute approximate surface area is 223 Å². The van der Waals surface area contributed by atoms with E-state index in [9.17, 15) is 18.7 Å². The number of ether oxygens (including phenoxy) is 2. The molecule has 2 heterocycles. The van der Waals surface area contributed by atoms with E-state index in [-0.39, 0.29) is 19.0 Å². The fraction of sp³-hybridized carbons (Fsp3) is 0.385. The minimum atomic E-state index is -1.09. The number of methoxy groups -OCH3 is 1. The van der Waals surface area contributed by atoms with Crippen LogP contribution >= 0.6 is 0 Å². The third-order valence-corrected chi connectivity index (χ3v) is 6.10. The molecule has 0 saturated carbocycles. The van der Waals surface area contributed by atoms with Gasteiger partial charge in [-0.1, -0.05) is 24.3 Å². The van der Waals surface area contributed by atoms with E-state index in [4.69, 9.17) is 19.4 Å². The number of nitrogens with zero attached hydrogens (tertiary/aromatic N) is 3. The molecule has 39 heavy (non-hydrogen) atoms. The maximum Gasteiger partial charge on any atom is 0.320 e. The molecule has 4 rings (SSSR count). The van der Waals surface area contributed by atoms with Crippen molar-refractivity contribution in [3.8, 4) is 11.6 Å². The third-order valence-electron chi connectivity index (χ3n) is 6.10. The van der Waals surface area contributed by atoms with Crippen molar-refractivity contribution in [3.05, 3.63) is 71.3 Å². The Morgan fingerprint density at radius 1 is 1.23 bits per heavy atom. The molecule has 1 fully saturated rings. The number of hydrogen-bond donors (Lipinski definition) is 4. The van der Waals surface area contributed by atoms with Crippen LogP contribution in [0.15, 0.2) is 48.5 Å². The first-order chi connectivity index (χ1) is 18.8. The Kier molecular flexibility index (Phi) is 9.43. The van der Waals surface area contributed by atoms with Crippen LogP contribution in [0.25, 0.3) is 5.69 Å². The fourth-order valence-electron chi connectivity index (χ4n) is 4.09. The molecule has 1 aliphatic rings. The van der Waals surface area contributed by atoms with Gasteiger partial charge in [0.2, 0.25) is 5.88 Å². The second-order valence-electron chi connectivity index (χ2n) is 8.96. The maximum atomic E-state index is 14.0. The number of urea groups is 1. The first kappa shape index (κ1) is 28.4. The summed E-state index contributed by atoms with van der Waals surface area (Å²) >= 11 is 0. The standard InChI is InChI=1S/C26H31F2N5O6/c1-16-24(33(18-6-4-3-5-7-18)31-25(16)38-15-19(35)14-34)30-26(36)29-22-13-32(10-11-37-2)39-23(22)17-8-9-20(27)21(28)12-17/h3-9,12,19,22-23,34-35H,10-11,13-15H2,1-2H3,(H2,29,30,36)/t19?,22-,23+/m1/s1. The second kappa shape index (κ2) is 13.0. The summed E-state index contributed by atoms with van der Waals surface area (Å²) in [5.74, 6) is -1.52. The molecule has 1 aliphatic heterocycles. The Morgan fingerprint density at radius 2 is 2.00 bits per heavy atom. The van der Waals surface area contributed by atoms with E-state index in [1.165, 1.54) is 10.7 Å². The smallest absolute Gasteiger partial charge is 0.320 e. The van der Waals surface area contributed by atoms with Crippen molar-refractivity contribution in [1.29, 1.82) is 0 Å². The van der Waals surface area contributed by atoms with Crippen molar-refractivity contribution >= 4 is 11.8 Å².